The molecule has 0 spiro atoms. The molecule has 104 valence electrons. The summed E-state index contributed by atoms with van der Waals surface area (Å²) in [6, 6.07) is 9.30. The molecule has 20 heavy (non-hydrogen) atoms. The third-order valence-electron chi connectivity index (χ3n) is 3.01. The van der Waals surface area contributed by atoms with E-state index in [1.165, 1.54) is 0 Å². The Bertz CT molecular complexity index is 662. The lowest BCUT2D eigenvalue weighted by Gasteiger charge is -2.08. The summed E-state index contributed by atoms with van der Waals surface area (Å²) in [5.74, 6) is -0.0977. The number of para-hydroxylation sites is 1. The number of anilines is 1. The number of aryl methyl sites for hydroxylation is 1. The minimum atomic E-state index is -0.118. The average Bonchev–Trinajstić information content (AvgIpc) is 2.81. The summed E-state index contributed by atoms with van der Waals surface area (Å²) in [4.78, 5) is 26.2. The van der Waals surface area contributed by atoms with Crippen LogP contribution in [0.2, 0.25) is 0 Å². The fourth-order valence-electron chi connectivity index (χ4n) is 2.08. The third-order valence-corrected chi connectivity index (χ3v) is 3.52. The summed E-state index contributed by atoms with van der Waals surface area (Å²) in [6.07, 6.45) is 0. The largest absolute Gasteiger partial charge is 0.358 e. The molecule has 4 nitrogen and oxygen atoms in total. The number of ketones is 1. The zero-order valence-corrected chi connectivity index (χ0v) is 12.9. The number of carbonyl (C=O) groups excluding carboxylic acids is 2. The van der Waals surface area contributed by atoms with Gasteiger partial charge in [0.2, 0.25) is 5.91 Å². The molecule has 0 aliphatic carbocycles. The molecule has 0 saturated carbocycles. The summed E-state index contributed by atoms with van der Waals surface area (Å²) in [5.41, 5.74) is 3.89. The first-order valence-corrected chi connectivity index (χ1v) is 7.31. The van der Waals surface area contributed by atoms with Gasteiger partial charge in [-0.3, -0.25) is 9.59 Å². The van der Waals surface area contributed by atoms with Crippen molar-refractivity contribution in [2.75, 3.05) is 10.6 Å². The maximum absolute atomic E-state index is 11.5. The highest BCUT2D eigenvalue weighted by Gasteiger charge is 2.13. The predicted octanol–water partition coefficient (Wildman–Crippen LogP) is 3.53. The molecule has 1 amide bonds. The van der Waals surface area contributed by atoms with E-state index in [1.54, 1.807) is 6.92 Å². The van der Waals surface area contributed by atoms with Gasteiger partial charge in [0.05, 0.1) is 11.0 Å². The molecule has 2 rings (SSSR count). The number of alkyl halides is 1. The van der Waals surface area contributed by atoms with E-state index in [4.69, 9.17) is 0 Å². The summed E-state index contributed by atoms with van der Waals surface area (Å²) in [5, 5.41) is 3.07. The van der Waals surface area contributed by atoms with Gasteiger partial charge in [-0.05, 0) is 26.0 Å². The second-order valence-electron chi connectivity index (χ2n) is 4.51. The van der Waals surface area contributed by atoms with Crippen LogP contribution in [0.4, 0.5) is 5.69 Å². The molecule has 2 N–H and O–H groups in total. The van der Waals surface area contributed by atoms with Crippen LogP contribution in [0.15, 0.2) is 30.3 Å². The lowest BCUT2D eigenvalue weighted by molar-refractivity contribution is -0.113. The Kier molecular flexibility index (Phi) is 4.39. The Hall–Kier alpha value is -1.88. The molecule has 0 radical (unpaired) electrons. The van der Waals surface area contributed by atoms with E-state index in [0.29, 0.717) is 11.3 Å². The second-order valence-corrected chi connectivity index (χ2v) is 5.07. The molecule has 0 aliphatic rings. The van der Waals surface area contributed by atoms with E-state index in [0.717, 1.165) is 17.0 Å². The van der Waals surface area contributed by atoms with E-state index in [-0.39, 0.29) is 17.0 Å². The van der Waals surface area contributed by atoms with Crippen molar-refractivity contribution in [1.29, 1.82) is 0 Å². The lowest BCUT2D eigenvalue weighted by atomic mass is 10.1. The van der Waals surface area contributed by atoms with Gasteiger partial charge in [-0.25, -0.2) is 0 Å². The Balaban J connectivity index is 2.45. The van der Waals surface area contributed by atoms with Crippen LogP contribution in [-0.2, 0) is 4.79 Å². The first kappa shape index (κ1) is 14.5. The summed E-state index contributed by atoms with van der Waals surface area (Å²) < 4.78 is 0. The van der Waals surface area contributed by atoms with Crippen molar-refractivity contribution in [1.82, 2.24) is 4.98 Å². The number of benzene rings is 1. The zero-order valence-electron chi connectivity index (χ0n) is 11.3. The number of hydrogen-bond acceptors (Lipinski definition) is 2. The number of hydrogen-bond donors (Lipinski definition) is 2. The number of carbonyl (C=O) groups is 2. The van der Waals surface area contributed by atoms with Crippen LogP contribution in [0.25, 0.3) is 11.3 Å². The molecule has 0 fully saturated rings. The topological polar surface area (TPSA) is 62.0 Å². The van der Waals surface area contributed by atoms with Crippen molar-refractivity contribution in [3.8, 4) is 11.3 Å². The molecule has 0 bridgehead atoms. The maximum atomic E-state index is 11.5. The van der Waals surface area contributed by atoms with Crippen LogP contribution in [0.1, 0.15) is 23.0 Å². The molecule has 2 aromatic rings. The second kappa shape index (κ2) is 6.05. The van der Waals surface area contributed by atoms with Crippen LogP contribution in [0.5, 0.6) is 0 Å². The monoisotopic (exact) mass is 334 g/mol. The standard InChI is InChI=1S/C15H15BrN2O2/c1-9-12(10(2)19)7-14(17-9)11-5-3-4-6-13(11)18-15(20)8-16/h3-7,17H,8H2,1-2H3,(H,18,20). The number of halogens is 1. The molecule has 1 heterocycles. The molecular weight excluding hydrogens is 320 g/mol. The number of rotatable bonds is 4. The minimum absolute atomic E-state index is 0.0203. The maximum Gasteiger partial charge on any atom is 0.235 e. The number of nitrogens with one attached hydrogen (secondary N) is 2. The van der Waals surface area contributed by atoms with Crippen molar-refractivity contribution in [3.63, 3.8) is 0 Å². The van der Waals surface area contributed by atoms with Gasteiger partial charge in [0, 0.05) is 22.5 Å². The van der Waals surface area contributed by atoms with Crippen LogP contribution >= 0.6 is 15.9 Å². The highest BCUT2D eigenvalue weighted by atomic mass is 79.9. The Morgan fingerprint density at radius 1 is 1.30 bits per heavy atom. The van der Waals surface area contributed by atoms with E-state index < -0.39 is 0 Å². The number of aromatic nitrogens is 1. The molecule has 0 saturated heterocycles. The number of H-pyrrole nitrogens is 1. The predicted molar refractivity (Wildman–Crippen MR) is 83.4 cm³/mol. The first-order valence-electron chi connectivity index (χ1n) is 6.18. The van der Waals surface area contributed by atoms with Gasteiger partial charge in [0.15, 0.2) is 5.78 Å². The summed E-state index contributed by atoms with van der Waals surface area (Å²) in [7, 11) is 0. The van der Waals surface area contributed by atoms with Crippen molar-refractivity contribution in [2.24, 2.45) is 0 Å². The quantitative estimate of drug-likeness (QED) is 0.663. The molecular formula is C15H15BrN2O2. The van der Waals surface area contributed by atoms with Gasteiger partial charge < -0.3 is 10.3 Å². The number of amides is 1. The average molecular weight is 335 g/mol. The lowest BCUT2D eigenvalue weighted by Crippen LogP contribution is -2.12. The zero-order chi connectivity index (χ0) is 14.7. The van der Waals surface area contributed by atoms with Crippen molar-refractivity contribution >= 4 is 33.3 Å². The molecule has 0 atom stereocenters. The smallest absolute Gasteiger partial charge is 0.235 e. The molecule has 1 aromatic carbocycles. The fraction of sp³-hybridized carbons (Fsp3) is 0.200. The van der Waals surface area contributed by atoms with Crippen LogP contribution < -0.4 is 5.32 Å². The first-order chi connectivity index (χ1) is 9.52. The highest BCUT2D eigenvalue weighted by molar-refractivity contribution is 9.09. The van der Waals surface area contributed by atoms with Gasteiger partial charge in [0.1, 0.15) is 0 Å². The highest BCUT2D eigenvalue weighted by Crippen LogP contribution is 2.29. The fourth-order valence-corrected chi connectivity index (χ4v) is 2.22. The minimum Gasteiger partial charge on any atom is -0.358 e. The normalized spacial score (nSPS) is 10.3. The van der Waals surface area contributed by atoms with Gasteiger partial charge in [-0.1, -0.05) is 34.1 Å². The molecule has 1 aromatic heterocycles. The van der Waals surface area contributed by atoms with Gasteiger partial charge in [0.25, 0.3) is 0 Å². The van der Waals surface area contributed by atoms with Gasteiger partial charge in [-0.2, -0.15) is 0 Å². The Morgan fingerprint density at radius 3 is 2.60 bits per heavy atom. The Morgan fingerprint density at radius 2 is 2.00 bits per heavy atom. The SMILES string of the molecule is CC(=O)c1cc(-c2ccccc2NC(=O)CBr)[nH]c1C. The third kappa shape index (κ3) is 2.99. The van der Waals surface area contributed by atoms with E-state index in [1.807, 2.05) is 37.3 Å². The van der Waals surface area contributed by atoms with Gasteiger partial charge in [-0.15, -0.1) is 0 Å². The Labute approximate surface area is 125 Å². The number of Topliss-reactive ketones (excluding diaryl/α,β-unsaturated/α-hetero) is 1. The van der Waals surface area contributed by atoms with Crippen LogP contribution in [0, 0.1) is 6.92 Å². The van der Waals surface area contributed by atoms with Gasteiger partial charge >= 0.3 is 0 Å². The van der Waals surface area contributed by atoms with Crippen molar-refractivity contribution in [2.45, 2.75) is 13.8 Å². The van der Waals surface area contributed by atoms with E-state index in [9.17, 15) is 9.59 Å². The summed E-state index contributed by atoms with van der Waals surface area (Å²) >= 11 is 3.12. The van der Waals surface area contributed by atoms with E-state index in [2.05, 4.69) is 26.2 Å². The van der Waals surface area contributed by atoms with Crippen molar-refractivity contribution in [3.05, 3.63) is 41.6 Å². The van der Waals surface area contributed by atoms with E-state index >= 15 is 0 Å². The van der Waals surface area contributed by atoms with Crippen molar-refractivity contribution < 1.29 is 9.59 Å². The number of aromatic amines is 1. The summed E-state index contributed by atoms with van der Waals surface area (Å²) in [6.45, 7) is 3.40. The van der Waals surface area contributed by atoms with Crippen LogP contribution in [0.3, 0.4) is 0 Å². The van der Waals surface area contributed by atoms with Crippen LogP contribution in [-0.4, -0.2) is 22.0 Å². The molecule has 0 unspecified atom stereocenters. The molecule has 5 heteroatoms. The molecule has 0 aliphatic heterocycles.